The lowest BCUT2D eigenvalue weighted by molar-refractivity contribution is -0.0394. The summed E-state index contributed by atoms with van der Waals surface area (Å²) in [6, 6.07) is 0. The second-order valence-electron chi connectivity index (χ2n) is 6.80. The molecule has 4 fully saturated rings. The van der Waals surface area contributed by atoms with Gasteiger partial charge in [-0.15, -0.1) is 11.3 Å². The van der Waals surface area contributed by atoms with E-state index in [1.807, 2.05) is 5.51 Å². The Morgan fingerprint density at radius 3 is 2.33 bits per heavy atom. The number of aryl methyl sites for hydroxylation is 1. The van der Waals surface area contributed by atoms with Gasteiger partial charge in [-0.2, -0.15) is 0 Å². The molecule has 0 aliphatic heterocycles. The minimum atomic E-state index is 0.943. The zero-order valence-corrected chi connectivity index (χ0v) is 11.7. The van der Waals surface area contributed by atoms with Crippen LogP contribution in [0.15, 0.2) is 5.51 Å². The van der Waals surface area contributed by atoms with Crippen molar-refractivity contribution >= 4 is 16.3 Å². The summed E-state index contributed by atoms with van der Waals surface area (Å²) in [6.07, 6.45) is 10.1. The van der Waals surface area contributed by atoms with Gasteiger partial charge in [0.15, 0.2) is 0 Å². The Morgan fingerprint density at radius 1 is 1.11 bits per heavy atom. The van der Waals surface area contributed by atoms with Gasteiger partial charge in [0.25, 0.3) is 0 Å². The first-order valence-corrected chi connectivity index (χ1v) is 8.35. The molecule has 3 heteroatoms. The molecule has 4 aliphatic carbocycles. The molecule has 0 aromatic carbocycles. The molecule has 0 amide bonds. The number of thiazole rings is 1. The molecule has 1 aromatic heterocycles. The van der Waals surface area contributed by atoms with E-state index in [0.29, 0.717) is 0 Å². The van der Waals surface area contributed by atoms with E-state index in [4.69, 9.17) is 5.73 Å². The van der Waals surface area contributed by atoms with Gasteiger partial charge >= 0.3 is 0 Å². The van der Waals surface area contributed by atoms with Crippen molar-refractivity contribution in [3.63, 3.8) is 0 Å². The van der Waals surface area contributed by atoms with Crippen LogP contribution in [0.5, 0.6) is 0 Å². The minimum absolute atomic E-state index is 0.943. The molecule has 4 bridgehead atoms. The lowest BCUT2D eigenvalue weighted by atomic mass is 9.51. The van der Waals surface area contributed by atoms with Crippen LogP contribution in [-0.2, 0) is 6.42 Å². The summed E-state index contributed by atoms with van der Waals surface area (Å²) in [5, 5.41) is 0.943. The Labute approximate surface area is 113 Å². The van der Waals surface area contributed by atoms with Gasteiger partial charge in [0.05, 0.1) is 11.2 Å². The Bertz CT molecular complexity index is 411. The first-order valence-electron chi connectivity index (χ1n) is 7.47. The van der Waals surface area contributed by atoms with Gasteiger partial charge in [-0.3, -0.25) is 0 Å². The third kappa shape index (κ3) is 1.78. The minimum Gasteiger partial charge on any atom is -0.389 e. The number of nitrogens with zero attached hydrogens (tertiary/aromatic N) is 1. The molecule has 0 saturated heterocycles. The Kier molecular flexibility index (Phi) is 2.65. The van der Waals surface area contributed by atoms with Gasteiger partial charge in [-0.25, -0.2) is 4.98 Å². The van der Waals surface area contributed by atoms with Gasteiger partial charge < -0.3 is 5.73 Å². The highest BCUT2D eigenvalue weighted by Crippen LogP contribution is 2.57. The number of anilines is 1. The number of nitrogen functional groups attached to an aromatic ring is 1. The van der Waals surface area contributed by atoms with Crippen molar-refractivity contribution < 1.29 is 0 Å². The fraction of sp³-hybridized carbons (Fsp3) is 0.800. The van der Waals surface area contributed by atoms with Crippen LogP contribution in [0.4, 0.5) is 5.00 Å². The Balaban J connectivity index is 1.45. The van der Waals surface area contributed by atoms with Crippen molar-refractivity contribution in [2.75, 3.05) is 5.73 Å². The second kappa shape index (κ2) is 4.22. The average Bonchev–Trinajstić information content (AvgIpc) is 2.73. The van der Waals surface area contributed by atoms with Gasteiger partial charge in [0.1, 0.15) is 5.00 Å². The van der Waals surface area contributed by atoms with Crippen molar-refractivity contribution in [2.45, 2.75) is 44.9 Å². The number of nitrogens with two attached hydrogens (primary N) is 1. The first-order chi connectivity index (χ1) is 8.79. The van der Waals surface area contributed by atoms with Crippen molar-refractivity contribution in [1.29, 1.82) is 0 Å². The predicted molar refractivity (Wildman–Crippen MR) is 75.4 cm³/mol. The van der Waals surface area contributed by atoms with Crippen LogP contribution in [-0.4, -0.2) is 4.98 Å². The monoisotopic (exact) mass is 262 g/mol. The van der Waals surface area contributed by atoms with E-state index in [1.54, 1.807) is 17.8 Å². The highest BCUT2D eigenvalue weighted by Gasteiger charge is 2.47. The number of hydrogen-bond donors (Lipinski definition) is 1. The van der Waals surface area contributed by atoms with E-state index in [-0.39, 0.29) is 0 Å². The SMILES string of the molecule is Nc1scnc1CCC1C2CC3CC(C2)CC1C3. The van der Waals surface area contributed by atoms with Crippen molar-refractivity contribution in [1.82, 2.24) is 4.98 Å². The molecule has 0 unspecified atom stereocenters. The topological polar surface area (TPSA) is 38.9 Å². The molecule has 1 aromatic rings. The molecular formula is C15H22N2S. The zero-order chi connectivity index (χ0) is 12.1. The fourth-order valence-corrected chi connectivity index (χ4v) is 5.86. The van der Waals surface area contributed by atoms with E-state index >= 15 is 0 Å². The molecule has 1 heterocycles. The third-order valence-corrected chi connectivity index (χ3v) is 6.51. The normalized spacial score (nSPS) is 41.4. The van der Waals surface area contributed by atoms with Gasteiger partial charge in [0.2, 0.25) is 0 Å². The maximum Gasteiger partial charge on any atom is 0.109 e. The summed E-state index contributed by atoms with van der Waals surface area (Å²) in [7, 11) is 0. The molecule has 0 spiro atoms. The molecule has 98 valence electrons. The standard InChI is InChI=1S/C15H22N2S/c16-15-14(17-8-18-15)2-1-13-11-4-9-3-10(6-11)7-12(13)5-9/h8-13H,1-7,16H2. The fourth-order valence-electron chi connectivity index (χ4n) is 5.28. The molecule has 4 aliphatic rings. The molecule has 2 nitrogen and oxygen atoms in total. The largest absolute Gasteiger partial charge is 0.389 e. The molecule has 18 heavy (non-hydrogen) atoms. The maximum atomic E-state index is 5.96. The third-order valence-electron chi connectivity index (χ3n) is 5.81. The van der Waals surface area contributed by atoms with Gasteiger partial charge in [0, 0.05) is 0 Å². The molecular weight excluding hydrogens is 240 g/mol. The lowest BCUT2D eigenvalue weighted by Crippen LogP contribution is -2.45. The second-order valence-corrected chi connectivity index (χ2v) is 7.68. The lowest BCUT2D eigenvalue weighted by Gasteiger charge is -2.54. The molecule has 4 saturated carbocycles. The maximum absolute atomic E-state index is 5.96. The van der Waals surface area contributed by atoms with Crippen molar-refractivity contribution in [3.05, 3.63) is 11.2 Å². The first kappa shape index (κ1) is 11.3. The van der Waals surface area contributed by atoms with Crippen LogP contribution >= 0.6 is 11.3 Å². The molecule has 0 radical (unpaired) electrons. The highest BCUT2D eigenvalue weighted by atomic mass is 32.1. The Hall–Kier alpha value is -0.570. The van der Waals surface area contributed by atoms with Crippen LogP contribution in [0.25, 0.3) is 0 Å². The Morgan fingerprint density at radius 2 is 1.78 bits per heavy atom. The van der Waals surface area contributed by atoms with Crippen LogP contribution in [0.2, 0.25) is 0 Å². The summed E-state index contributed by atoms with van der Waals surface area (Å²) in [4.78, 5) is 4.41. The number of aromatic nitrogens is 1. The van der Waals surface area contributed by atoms with E-state index in [1.165, 1.54) is 32.1 Å². The van der Waals surface area contributed by atoms with Crippen LogP contribution in [0, 0.1) is 29.6 Å². The molecule has 5 rings (SSSR count). The molecule has 0 atom stereocenters. The summed E-state index contributed by atoms with van der Waals surface area (Å²) < 4.78 is 0. The summed E-state index contributed by atoms with van der Waals surface area (Å²) in [5.74, 6) is 5.25. The van der Waals surface area contributed by atoms with Crippen molar-refractivity contribution in [2.24, 2.45) is 29.6 Å². The smallest absolute Gasteiger partial charge is 0.109 e. The molecule has 2 N–H and O–H groups in total. The van der Waals surface area contributed by atoms with Crippen LogP contribution in [0.1, 0.15) is 44.2 Å². The van der Waals surface area contributed by atoms with E-state index in [0.717, 1.165) is 46.7 Å². The quantitative estimate of drug-likeness (QED) is 0.901. The van der Waals surface area contributed by atoms with Gasteiger partial charge in [-0.05, 0) is 74.5 Å². The average molecular weight is 262 g/mol. The predicted octanol–water partition coefficient (Wildman–Crippen LogP) is 3.73. The van der Waals surface area contributed by atoms with Crippen LogP contribution in [0.3, 0.4) is 0 Å². The van der Waals surface area contributed by atoms with E-state index < -0.39 is 0 Å². The van der Waals surface area contributed by atoms with E-state index in [2.05, 4.69) is 4.98 Å². The zero-order valence-electron chi connectivity index (χ0n) is 10.8. The van der Waals surface area contributed by atoms with Crippen LogP contribution < -0.4 is 5.73 Å². The summed E-state index contributed by atoms with van der Waals surface area (Å²) >= 11 is 1.59. The van der Waals surface area contributed by atoms with Gasteiger partial charge in [-0.1, -0.05) is 0 Å². The summed E-state index contributed by atoms with van der Waals surface area (Å²) in [6.45, 7) is 0. The number of rotatable bonds is 3. The highest BCUT2D eigenvalue weighted by molar-refractivity contribution is 7.13. The summed E-state index contributed by atoms with van der Waals surface area (Å²) in [5.41, 5.74) is 9.01. The van der Waals surface area contributed by atoms with Crippen molar-refractivity contribution in [3.8, 4) is 0 Å². The van der Waals surface area contributed by atoms with E-state index in [9.17, 15) is 0 Å². The number of hydrogen-bond acceptors (Lipinski definition) is 3.